The SMILES string of the molecule is C[C@H]1c2cccn2CCN1S(=O)(=O)c1cccc(C#N)c1. The second-order valence-electron chi connectivity index (χ2n) is 5.06. The Bertz CT molecular complexity index is 817. The van der Waals surface area contributed by atoms with Crippen LogP contribution >= 0.6 is 0 Å². The van der Waals surface area contributed by atoms with E-state index in [9.17, 15) is 8.42 Å². The largest absolute Gasteiger partial charge is 0.349 e. The van der Waals surface area contributed by atoms with Crippen LogP contribution in [0.5, 0.6) is 0 Å². The number of sulfonamides is 1. The van der Waals surface area contributed by atoms with Crippen LogP contribution in [0.2, 0.25) is 0 Å². The summed E-state index contributed by atoms with van der Waals surface area (Å²) in [5.41, 5.74) is 1.34. The Kier molecular flexibility index (Phi) is 3.32. The van der Waals surface area contributed by atoms with Crippen LogP contribution in [0, 0.1) is 11.3 Å². The van der Waals surface area contributed by atoms with Crippen molar-refractivity contribution in [3.8, 4) is 6.07 Å². The number of hydrogen-bond donors (Lipinski definition) is 0. The average Bonchev–Trinajstić information content (AvgIpc) is 2.97. The summed E-state index contributed by atoms with van der Waals surface area (Å²) in [5.74, 6) is 0. The Morgan fingerprint density at radius 3 is 2.81 bits per heavy atom. The number of nitriles is 1. The molecule has 1 atom stereocenters. The van der Waals surface area contributed by atoms with Crippen molar-refractivity contribution < 1.29 is 8.42 Å². The van der Waals surface area contributed by atoms with E-state index in [-0.39, 0.29) is 10.9 Å². The van der Waals surface area contributed by atoms with Gasteiger partial charge in [-0.05, 0) is 37.3 Å². The van der Waals surface area contributed by atoms with Gasteiger partial charge in [0.25, 0.3) is 0 Å². The predicted molar refractivity (Wildman–Crippen MR) is 77.9 cm³/mol. The van der Waals surface area contributed by atoms with E-state index in [2.05, 4.69) is 4.57 Å². The molecule has 0 bridgehead atoms. The molecule has 2 heterocycles. The number of nitrogens with zero attached hydrogens (tertiary/aromatic N) is 3. The number of rotatable bonds is 2. The van der Waals surface area contributed by atoms with E-state index in [4.69, 9.17) is 5.26 Å². The molecule has 21 heavy (non-hydrogen) atoms. The van der Waals surface area contributed by atoms with Gasteiger partial charge in [0.15, 0.2) is 0 Å². The van der Waals surface area contributed by atoms with Gasteiger partial charge in [-0.3, -0.25) is 0 Å². The van der Waals surface area contributed by atoms with Crippen molar-refractivity contribution in [1.82, 2.24) is 8.87 Å². The van der Waals surface area contributed by atoms with Crippen molar-refractivity contribution in [1.29, 1.82) is 5.26 Å². The first-order chi connectivity index (χ1) is 10.0. The van der Waals surface area contributed by atoms with Gasteiger partial charge in [0.1, 0.15) is 0 Å². The highest BCUT2D eigenvalue weighted by molar-refractivity contribution is 7.89. The monoisotopic (exact) mass is 301 g/mol. The van der Waals surface area contributed by atoms with E-state index < -0.39 is 10.0 Å². The average molecular weight is 301 g/mol. The minimum absolute atomic E-state index is 0.174. The first-order valence-corrected chi connectivity index (χ1v) is 8.15. The second kappa shape index (κ2) is 5.02. The zero-order chi connectivity index (χ0) is 15.0. The third-order valence-corrected chi connectivity index (χ3v) is 5.82. The highest BCUT2D eigenvalue weighted by atomic mass is 32.2. The number of benzene rings is 1. The molecule has 5 nitrogen and oxygen atoms in total. The standard InChI is InChI=1S/C15H15N3O2S/c1-12-15-6-3-7-17(15)8-9-18(12)21(19,20)14-5-2-4-13(10-14)11-16/h2-7,10,12H,8-9H2,1H3/t12-/m0/s1. The van der Waals surface area contributed by atoms with E-state index >= 15 is 0 Å². The van der Waals surface area contributed by atoms with Gasteiger partial charge in [0, 0.05) is 25.0 Å². The molecule has 6 heteroatoms. The summed E-state index contributed by atoms with van der Waals surface area (Å²) in [5, 5.41) is 8.93. The lowest BCUT2D eigenvalue weighted by Crippen LogP contribution is -2.40. The maximum Gasteiger partial charge on any atom is 0.243 e. The van der Waals surface area contributed by atoms with Crippen LogP contribution in [0.1, 0.15) is 24.2 Å². The maximum absolute atomic E-state index is 12.8. The van der Waals surface area contributed by atoms with E-state index in [1.807, 2.05) is 31.3 Å². The molecule has 0 amide bonds. The summed E-state index contributed by atoms with van der Waals surface area (Å²) < 4.78 is 29.2. The molecule has 0 unspecified atom stereocenters. The lowest BCUT2D eigenvalue weighted by molar-refractivity contribution is 0.282. The summed E-state index contributed by atoms with van der Waals surface area (Å²) in [6.45, 7) is 2.96. The molecule has 1 aliphatic heterocycles. The fourth-order valence-corrected chi connectivity index (χ4v) is 4.39. The van der Waals surface area contributed by atoms with Crippen LogP contribution in [0.25, 0.3) is 0 Å². The molecule has 1 aliphatic rings. The van der Waals surface area contributed by atoms with E-state index in [1.54, 1.807) is 12.1 Å². The quantitative estimate of drug-likeness (QED) is 0.853. The molecule has 1 aromatic heterocycles. The van der Waals surface area contributed by atoms with Gasteiger partial charge in [0.05, 0.1) is 22.6 Å². The molecule has 0 saturated carbocycles. The zero-order valence-electron chi connectivity index (χ0n) is 11.6. The first-order valence-electron chi connectivity index (χ1n) is 6.71. The molecule has 0 saturated heterocycles. The minimum atomic E-state index is -3.60. The summed E-state index contributed by atoms with van der Waals surface area (Å²) in [4.78, 5) is 0.174. The van der Waals surface area contributed by atoms with Crippen LogP contribution in [0.15, 0.2) is 47.5 Å². The van der Waals surface area contributed by atoms with Crippen LogP contribution < -0.4 is 0 Å². The Morgan fingerprint density at radius 2 is 2.05 bits per heavy atom. The van der Waals surface area contributed by atoms with E-state index in [1.165, 1.54) is 16.4 Å². The molecular formula is C15H15N3O2S. The van der Waals surface area contributed by atoms with Gasteiger partial charge < -0.3 is 4.57 Å². The minimum Gasteiger partial charge on any atom is -0.349 e. The number of hydrogen-bond acceptors (Lipinski definition) is 3. The van der Waals surface area contributed by atoms with Gasteiger partial charge in [-0.15, -0.1) is 0 Å². The molecule has 0 radical (unpaired) electrons. The van der Waals surface area contributed by atoms with Crippen molar-refractivity contribution in [3.05, 3.63) is 53.9 Å². The van der Waals surface area contributed by atoms with Crippen LogP contribution in [0.4, 0.5) is 0 Å². The first kappa shape index (κ1) is 13.9. The number of fused-ring (bicyclic) bond motifs is 1. The van der Waals surface area contributed by atoms with Gasteiger partial charge in [-0.1, -0.05) is 6.07 Å². The third kappa shape index (κ3) is 2.24. The van der Waals surface area contributed by atoms with E-state index in [0.29, 0.717) is 18.7 Å². The normalized spacial score (nSPS) is 19.0. The number of aromatic nitrogens is 1. The fraction of sp³-hybridized carbons (Fsp3) is 0.267. The molecule has 3 rings (SSSR count). The fourth-order valence-electron chi connectivity index (χ4n) is 2.75. The Hall–Kier alpha value is -2.10. The lowest BCUT2D eigenvalue weighted by Gasteiger charge is -2.33. The molecule has 0 aliphatic carbocycles. The van der Waals surface area contributed by atoms with Crippen molar-refractivity contribution in [2.45, 2.75) is 24.4 Å². The zero-order valence-corrected chi connectivity index (χ0v) is 12.4. The third-order valence-electron chi connectivity index (χ3n) is 3.86. The summed E-state index contributed by atoms with van der Waals surface area (Å²) >= 11 is 0. The smallest absolute Gasteiger partial charge is 0.243 e. The molecule has 0 spiro atoms. The van der Waals surface area contributed by atoms with Crippen LogP contribution in [0.3, 0.4) is 0 Å². The Morgan fingerprint density at radius 1 is 1.24 bits per heavy atom. The molecule has 0 fully saturated rings. The van der Waals surface area contributed by atoms with E-state index in [0.717, 1.165) is 5.69 Å². The van der Waals surface area contributed by atoms with Crippen molar-refractivity contribution in [2.24, 2.45) is 0 Å². The van der Waals surface area contributed by atoms with Gasteiger partial charge in [-0.2, -0.15) is 9.57 Å². The summed E-state index contributed by atoms with van der Waals surface area (Å²) in [6.07, 6.45) is 1.96. The van der Waals surface area contributed by atoms with Crippen molar-refractivity contribution >= 4 is 10.0 Å². The van der Waals surface area contributed by atoms with Crippen molar-refractivity contribution in [2.75, 3.05) is 6.54 Å². The highest BCUT2D eigenvalue weighted by Crippen LogP contribution is 2.31. The molecule has 0 N–H and O–H groups in total. The second-order valence-corrected chi connectivity index (χ2v) is 6.95. The van der Waals surface area contributed by atoms with Gasteiger partial charge in [0.2, 0.25) is 10.0 Å². The molecule has 108 valence electrons. The predicted octanol–water partition coefficient (Wildman–Crippen LogP) is 2.13. The summed E-state index contributed by atoms with van der Waals surface area (Å²) in [6, 6.07) is 11.8. The topological polar surface area (TPSA) is 66.1 Å². The van der Waals surface area contributed by atoms with Gasteiger partial charge >= 0.3 is 0 Å². The van der Waals surface area contributed by atoms with Crippen LogP contribution in [-0.2, 0) is 16.6 Å². The van der Waals surface area contributed by atoms with Gasteiger partial charge in [-0.25, -0.2) is 8.42 Å². The summed E-state index contributed by atoms with van der Waals surface area (Å²) in [7, 11) is -3.60. The van der Waals surface area contributed by atoms with Crippen LogP contribution in [-0.4, -0.2) is 23.8 Å². The lowest BCUT2D eigenvalue weighted by atomic mass is 10.2. The Balaban J connectivity index is 2.01. The maximum atomic E-state index is 12.8. The highest BCUT2D eigenvalue weighted by Gasteiger charge is 2.33. The molecule has 1 aromatic carbocycles. The van der Waals surface area contributed by atoms with Crippen molar-refractivity contribution in [3.63, 3.8) is 0 Å². The molecule has 2 aromatic rings. The molecular weight excluding hydrogens is 286 g/mol. The Labute approximate surface area is 124 Å².